The summed E-state index contributed by atoms with van der Waals surface area (Å²) in [5.41, 5.74) is 1.27. The number of carbonyl (C=O) groups excluding carboxylic acids is 2. The molecule has 1 aliphatic rings. The van der Waals surface area contributed by atoms with Crippen molar-refractivity contribution in [3.05, 3.63) is 29.8 Å². The van der Waals surface area contributed by atoms with Crippen LogP contribution in [-0.2, 0) is 4.79 Å². The van der Waals surface area contributed by atoms with Crippen LogP contribution in [0, 0.1) is 0 Å². The van der Waals surface area contributed by atoms with Gasteiger partial charge in [0.05, 0.1) is 11.3 Å². The topological polar surface area (TPSA) is 49.4 Å². The maximum Gasteiger partial charge on any atom is 0.255 e. The zero-order valence-electron chi connectivity index (χ0n) is 24.0. The Bertz CT molecular complexity index is 727. The van der Waals surface area contributed by atoms with Crippen LogP contribution in [0.4, 0.5) is 5.69 Å². The highest BCUT2D eigenvalue weighted by Crippen LogP contribution is 2.21. The van der Waals surface area contributed by atoms with Gasteiger partial charge in [-0.3, -0.25) is 9.59 Å². The molecule has 0 aromatic heterocycles. The maximum absolute atomic E-state index is 12.8. The van der Waals surface area contributed by atoms with E-state index < -0.39 is 0 Å². The molecule has 1 fully saturated rings. The molecular weight excluding hydrogens is 456 g/mol. The van der Waals surface area contributed by atoms with Crippen molar-refractivity contribution in [3.8, 4) is 0 Å². The number of nitrogens with zero attached hydrogens (tertiary/aromatic N) is 1. The van der Waals surface area contributed by atoms with Crippen LogP contribution >= 0.6 is 0 Å². The summed E-state index contributed by atoms with van der Waals surface area (Å²) in [6.45, 7) is 3.93. The Kier molecular flexibility index (Phi) is 17.9. The molecule has 1 heterocycles. The van der Waals surface area contributed by atoms with E-state index in [0.717, 1.165) is 38.8 Å². The molecule has 0 unspecified atom stereocenters. The SMILES string of the molecule is CCCCCCCCCCCCCCCCCCCCCC(=O)Nc1ccccc1C(=O)N1CCCC1. The van der Waals surface area contributed by atoms with Gasteiger partial charge in [-0.15, -0.1) is 0 Å². The van der Waals surface area contributed by atoms with Gasteiger partial charge in [0.25, 0.3) is 5.91 Å². The van der Waals surface area contributed by atoms with Crippen LogP contribution in [0.15, 0.2) is 24.3 Å². The predicted molar refractivity (Wildman–Crippen MR) is 158 cm³/mol. The Hall–Kier alpha value is -1.84. The van der Waals surface area contributed by atoms with Crippen molar-refractivity contribution in [1.29, 1.82) is 0 Å². The average molecular weight is 513 g/mol. The van der Waals surface area contributed by atoms with E-state index in [1.165, 1.54) is 109 Å². The first-order valence-electron chi connectivity index (χ1n) is 15.9. The molecule has 0 saturated carbocycles. The number of amides is 2. The van der Waals surface area contributed by atoms with E-state index in [9.17, 15) is 9.59 Å². The second kappa shape index (κ2) is 21.1. The van der Waals surface area contributed by atoms with E-state index in [0.29, 0.717) is 17.7 Å². The molecule has 1 aliphatic heterocycles. The minimum Gasteiger partial charge on any atom is -0.339 e. The molecular formula is C33H56N2O2. The van der Waals surface area contributed by atoms with Crippen LogP contribution < -0.4 is 5.32 Å². The lowest BCUT2D eigenvalue weighted by Crippen LogP contribution is -2.28. The molecule has 1 saturated heterocycles. The van der Waals surface area contributed by atoms with E-state index in [-0.39, 0.29) is 11.8 Å². The van der Waals surface area contributed by atoms with Crippen LogP contribution in [0.25, 0.3) is 0 Å². The van der Waals surface area contributed by atoms with Gasteiger partial charge in [0.1, 0.15) is 0 Å². The van der Waals surface area contributed by atoms with E-state index in [2.05, 4.69) is 12.2 Å². The monoisotopic (exact) mass is 512 g/mol. The number of hydrogen-bond donors (Lipinski definition) is 1. The van der Waals surface area contributed by atoms with Gasteiger partial charge in [-0.05, 0) is 31.4 Å². The van der Waals surface area contributed by atoms with Crippen LogP contribution in [0.5, 0.6) is 0 Å². The highest BCUT2D eigenvalue weighted by Gasteiger charge is 2.22. The second-order valence-corrected chi connectivity index (χ2v) is 11.2. The van der Waals surface area contributed by atoms with Crippen LogP contribution in [0.1, 0.15) is 159 Å². The summed E-state index contributed by atoms with van der Waals surface area (Å²) < 4.78 is 0. The van der Waals surface area contributed by atoms with Gasteiger partial charge in [-0.1, -0.05) is 135 Å². The largest absolute Gasteiger partial charge is 0.339 e. The molecule has 0 radical (unpaired) electrons. The number of anilines is 1. The van der Waals surface area contributed by atoms with Crippen molar-refractivity contribution < 1.29 is 9.59 Å². The average Bonchev–Trinajstić information content (AvgIpc) is 3.45. The van der Waals surface area contributed by atoms with Crippen LogP contribution in [0.3, 0.4) is 0 Å². The van der Waals surface area contributed by atoms with Crippen molar-refractivity contribution >= 4 is 17.5 Å². The fourth-order valence-electron chi connectivity index (χ4n) is 5.45. The summed E-state index contributed by atoms with van der Waals surface area (Å²) in [4.78, 5) is 27.1. The van der Waals surface area contributed by atoms with Gasteiger partial charge in [0.15, 0.2) is 0 Å². The third-order valence-corrected chi connectivity index (χ3v) is 7.83. The Morgan fingerprint density at radius 3 is 1.57 bits per heavy atom. The van der Waals surface area contributed by atoms with E-state index in [1.807, 2.05) is 29.2 Å². The van der Waals surface area contributed by atoms with Crippen molar-refractivity contribution in [2.75, 3.05) is 18.4 Å². The third-order valence-electron chi connectivity index (χ3n) is 7.83. The number of carbonyl (C=O) groups is 2. The summed E-state index contributed by atoms with van der Waals surface area (Å²) in [6, 6.07) is 7.43. The van der Waals surface area contributed by atoms with Gasteiger partial charge >= 0.3 is 0 Å². The summed E-state index contributed by atoms with van der Waals surface area (Å²) in [7, 11) is 0. The van der Waals surface area contributed by atoms with E-state index >= 15 is 0 Å². The van der Waals surface area contributed by atoms with Crippen LogP contribution in [0.2, 0.25) is 0 Å². The smallest absolute Gasteiger partial charge is 0.255 e. The number of para-hydroxylation sites is 1. The minimum atomic E-state index is 0.0219. The van der Waals surface area contributed by atoms with Gasteiger partial charge < -0.3 is 10.2 Å². The van der Waals surface area contributed by atoms with Crippen LogP contribution in [-0.4, -0.2) is 29.8 Å². The predicted octanol–water partition coefficient (Wildman–Crippen LogP) is 9.68. The Labute approximate surface area is 228 Å². The fourth-order valence-corrected chi connectivity index (χ4v) is 5.45. The first-order chi connectivity index (χ1) is 18.2. The Balaban J connectivity index is 1.38. The lowest BCUT2D eigenvalue weighted by molar-refractivity contribution is -0.116. The van der Waals surface area contributed by atoms with Crippen molar-refractivity contribution in [2.45, 2.75) is 148 Å². The van der Waals surface area contributed by atoms with Gasteiger partial charge in [-0.25, -0.2) is 0 Å². The minimum absolute atomic E-state index is 0.0219. The van der Waals surface area contributed by atoms with E-state index in [4.69, 9.17) is 0 Å². The molecule has 2 amide bonds. The second-order valence-electron chi connectivity index (χ2n) is 11.2. The molecule has 0 aliphatic carbocycles. The summed E-state index contributed by atoms with van der Waals surface area (Å²) >= 11 is 0. The van der Waals surface area contributed by atoms with Crippen molar-refractivity contribution in [3.63, 3.8) is 0 Å². The molecule has 4 nitrogen and oxygen atoms in total. The highest BCUT2D eigenvalue weighted by molar-refractivity contribution is 6.03. The number of nitrogens with one attached hydrogen (secondary N) is 1. The lowest BCUT2D eigenvalue weighted by Gasteiger charge is -2.18. The molecule has 4 heteroatoms. The normalized spacial score (nSPS) is 13.3. The number of unbranched alkanes of at least 4 members (excludes halogenated alkanes) is 18. The fraction of sp³-hybridized carbons (Fsp3) is 0.758. The Morgan fingerprint density at radius 1 is 0.649 bits per heavy atom. The summed E-state index contributed by atoms with van der Waals surface area (Å²) in [5.74, 6) is 0.0607. The summed E-state index contributed by atoms with van der Waals surface area (Å²) in [6.07, 6.45) is 28.4. The first kappa shape index (κ1) is 31.4. The zero-order valence-corrected chi connectivity index (χ0v) is 24.0. The highest BCUT2D eigenvalue weighted by atomic mass is 16.2. The Morgan fingerprint density at radius 2 is 1.08 bits per heavy atom. The zero-order chi connectivity index (χ0) is 26.4. The molecule has 37 heavy (non-hydrogen) atoms. The molecule has 0 spiro atoms. The van der Waals surface area contributed by atoms with Gasteiger partial charge in [-0.2, -0.15) is 0 Å². The first-order valence-corrected chi connectivity index (χ1v) is 15.9. The summed E-state index contributed by atoms with van der Waals surface area (Å²) in [5, 5.41) is 2.99. The molecule has 0 atom stereocenters. The molecule has 1 aromatic carbocycles. The van der Waals surface area contributed by atoms with Crippen molar-refractivity contribution in [1.82, 2.24) is 4.90 Å². The standard InChI is InChI=1S/C33H56N2O2/c1-2-3-4-5-6-7-8-9-10-11-12-13-14-15-16-17-18-19-20-27-32(36)34-31-26-22-21-25-30(31)33(37)35-28-23-24-29-35/h21-22,25-26H,2-20,23-24,27-29H2,1H3,(H,34,36). The quantitative estimate of drug-likeness (QED) is 0.157. The van der Waals surface area contributed by atoms with Crippen molar-refractivity contribution in [2.24, 2.45) is 0 Å². The third kappa shape index (κ3) is 14.6. The van der Waals surface area contributed by atoms with Gasteiger partial charge in [0, 0.05) is 19.5 Å². The van der Waals surface area contributed by atoms with E-state index in [1.54, 1.807) is 0 Å². The molecule has 210 valence electrons. The number of benzene rings is 1. The number of rotatable bonds is 22. The number of hydrogen-bond acceptors (Lipinski definition) is 2. The molecule has 2 rings (SSSR count). The lowest BCUT2D eigenvalue weighted by atomic mass is 10.0. The number of likely N-dealkylation sites (tertiary alicyclic amines) is 1. The molecule has 1 N–H and O–H groups in total. The maximum atomic E-state index is 12.8. The molecule has 0 bridgehead atoms. The van der Waals surface area contributed by atoms with Gasteiger partial charge in [0.2, 0.25) is 5.91 Å². The molecule has 1 aromatic rings.